The molecule has 6 nitrogen and oxygen atoms in total. The van der Waals surface area contributed by atoms with Crippen LogP contribution in [0.5, 0.6) is 5.75 Å². The van der Waals surface area contributed by atoms with Crippen molar-refractivity contribution >= 4 is 40.2 Å². The fraction of sp³-hybridized carbons (Fsp3) is 0.476. The second-order valence-electron chi connectivity index (χ2n) is 8.52. The normalized spacial score (nSPS) is 20.8. The Balaban J connectivity index is 2.49. The zero-order valence-corrected chi connectivity index (χ0v) is 19.5. The second-order valence-corrected chi connectivity index (χ2v) is 10.1. The summed E-state index contributed by atoms with van der Waals surface area (Å²) in [5.74, 6) is 0.0488. The number of carbonyl (C=O) groups is 1. The van der Waals surface area contributed by atoms with Crippen molar-refractivity contribution in [1.29, 1.82) is 0 Å². The fourth-order valence-electron chi connectivity index (χ4n) is 3.07. The van der Waals surface area contributed by atoms with E-state index in [-0.39, 0.29) is 23.5 Å². The van der Waals surface area contributed by atoms with Crippen LogP contribution in [0.15, 0.2) is 34.6 Å². The molecule has 1 aliphatic carbocycles. The van der Waals surface area contributed by atoms with E-state index in [1.807, 2.05) is 32.9 Å². The van der Waals surface area contributed by atoms with Gasteiger partial charge in [-0.05, 0) is 43.0 Å². The first-order chi connectivity index (χ1) is 13.3. The minimum Gasteiger partial charge on any atom is -0.593 e. The number of anilines is 2. The zero-order chi connectivity index (χ0) is 22.1. The van der Waals surface area contributed by atoms with Crippen LogP contribution in [0.3, 0.4) is 0 Å². The maximum atomic E-state index is 13.2. The predicted octanol–water partition coefficient (Wildman–Crippen LogP) is 5.00. The summed E-state index contributed by atoms with van der Waals surface area (Å²) in [5, 5.41) is 13.5. The van der Waals surface area contributed by atoms with Crippen LogP contribution in [0.2, 0.25) is 0 Å². The van der Waals surface area contributed by atoms with Crippen LogP contribution in [0.4, 0.5) is 11.4 Å². The lowest BCUT2D eigenvalue weighted by Crippen LogP contribution is -2.34. The van der Waals surface area contributed by atoms with E-state index in [0.717, 1.165) is 5.56 Å². The van der Waals surface area contributed by atoms with Crippen LogP contribution >= 0.6 is 11.6 Å². The summed E-state index contributed by atoms with van der Waals surface area (Å²) < 4.78 is 20.2. The Morgan fingerprint density at radius 3 is 2.41 bits per heavy atom. The molecule has 3 N–H and O–H groups in total. The van der Waals surface area contributed by atoms with Crippen molar-refractivity contribution in [3.63, 3.8) is 0 Å². The van der Waals surface area contributed by atoms with Gasteiger partial charge in [-0.2, -0.15) is 0 Å². The van der Waals surface area contributed by atoms with E-state index < -0.39 is 16.8 Å². The molecule has 8 heteroatoms. The summed E-state index contributed by atoms with van der Waals surface area (Å²) in [6.45, 7) is 9.56. The molecule has 29 heavy (non-hydrogen) atoms. The van der Waals surface area contributed by atoms with Gasteiger partial charge in [0.25, 0.3) is 0 Å². The molecule has 0 fully saturated rings. The summed E-state index contributed by atoms with van der Waals surface area (Å²) in [6.07, 6.45) is 3.32. The summed E-state index contributed by atoms with van der Waals surface area (Å²) in [7, 11) is 1.49. The smallest absolute Gasteiger partial charge is 0.234 e. The van der Waals surface area contributed by atoms with Gasteiger partial charge in [-0.1, -0.05) is 32.4 Å². The molecule has 0 saturated heterocycles. The number of hydrogen-bond donors (Lipinski definition) is 3. The molecule has 0 radical (unpaired) electrons. The van der Waals surface area contributed by atoms with Crippen molar-refractivity contribution < 1.29 is 19.2 Å². The van der Waals surface area contributed by atoms with Crippen LogP contribution in [0.25, 0.3) is 0 Å². The topological polar surface area (TPSA) is 93.7 Å². The highest BCUT2D eigenvalue weighted by Gasteiger charge is 2.37. The van der Waals surface area contributed by atoms with E-state index in [2.05, 4.69) is 10.0 Å². The van der Waals surface area contributed by atoms with E-state index in [9.17, 15) is 14.5 Å². The first-order valence-electron chi connectivity index (χ1n) is 9.20. The van der Waals surface area contributed by atoms with Crippen molar-refractivity contribution in [3.8, 4) is 5.75 Å². The van der Waals surface area contributed by atoms with Crippen molar-refractivity contribution in [2.75, 3.05) is 23.4 Å². The largest absolute Gasteiger partial charge is 0.593 e. The first-order valence-corrected chi connectivity index (χ1v) is 11.1. The van der Waals surface area contributed by atoms with Crippen molar-refractivity contribution in [1.82, 2.24) is 0 Å². The molecule has 1 amide bonds. The molecule has 0 aromatic heterocycles. The molecule has 1 unspecified atom stereocenters. The minimum absolute atomic E-state index is 0.00181. The van der Waals surface area contributed by atoms with Gasteiger partial charge >= 0.3 is 0 Å². The van der Waals surface area contributed by atoms with Crippen LogP contribution in [-0.2, 0) is 21.6 Å². The van der Waals surface area contributed by atoms with Gasteiger partial charge in [-0.25, -0.2) is 4.72 Å². The third kappa shape index (κ3) is 5.21. The molecule has 0 heterocycles. The van der Waals surface area contributed by atoms with Crippen LogP contribution < -0.4 is 14.8 Å². The Morgan fingerprint density at radius 1 is 1.34 bits per heavy atom. The van der Waals surface area contributed by atoms with Gasteiger partial charge in [-0.15, -0.1) is 0 Å². The molecular formula is C21H29ClN2O4S. The van der Waals surface area contributed by atoms with Crippen molar-refractivity contribution in [2.45, 2.75) is 46.5 Å². The third-order valence-electron chi connectivity index (χ3n) is 4.95. The number of benzene rings is 1. The summed E-state index contributed by atoms with van der Waals surface area (Å²) in [6, 6.07) is 3.71. The number of amides is 1. The number of aliphatic hydroxyl groups is 1. The molecule has 1 aromatic carbocycles. The highest BCUT2D eigenvalue weighted by Crippen LogP contribution is 2.42. The minimum atomic E-state index is -1.32. The average molecular weight is 441 g/mol. The number of methoxy groups -OCH3 is 1. The number of halogens is 1. The monoisotopic (exact) mass is 440 g/mol. The Bertz CT molecular complexity index is 874. The number of carbonyl (C=O) groups excluding carboxylic acids is 1. The molecule has 2 rings (SSSR count). The highest BCUT2D eigenvalue weighted by atomic mass is 35.5. The number of nitrogens with one attached hydrogen (secondary N) is 2. The lowest BCUT2D eigenvalue weighted by Gasteiger charge is -2.30. The van der Waals surface area contributed by atoms with Crippen molar-refractivity contribution in [2.24, 2.45) is 5.41 Å². The van der Waals surface area contributed by atoms with E-state index in [1.165, 1.54) is 19.4 Å². The first kappa shape index (κ1) is 23.4. The molecule has 2 atom stereocenters. The molecule has 0 aliphatic heterocycles. The quantitative estimate of drug-likeness (QED) is 0.560. The fourth-order valence-corrected chi connectivity index (χ4v) is 3.91. The van der Waals surface area contributed by atoms with Crippen LogP contribution in [0.1, 0.15) is 46.6 Å². The average Bonchev–Trinajstić information content (AvgIpc) is 2.58. The molecule has 0 spiro atoms. The maximum Gasteiger partial charge on any atom is 0.234 e. The number of ether oxygens (including phenoxy) is 1. The third-order valence-corrected chi connectivity index (χ3v) is 5.87. The standard InChI is InChI=1S/C21H29ClN2O4S/c1-12-14(22)10-21(5,11-17(12)25)19(26)23-15-8-13(20(2,3)4)9-16(18(15)28-6)24-29(7)27/h8-9,11,24-25H,10H2,1-7H3,(H,23,26)/t21-,29?/m0/s1. The van der Waals surface area contributed by atoms with Gasteiger partial charge < -0.3 is 19.7 Å². The van der Waals surface area contributed by atoms with Crippen LogP contribution in [-0.4, -0.2) is 28.9 Å². The van der Waals surface area contributed by atoms with Crippen molar-refractivity contribution in [3.05, 3.63) is 40.1 Å². The SMILES string of the molecule is COc1c(NC(=O)[C@]2(C)C=C(O)C(C)=C(Cl)C2)cc(C(C)(C)C)cc1N[S+](C)[O-]. The lowest BCUT2D eigenvalue weighted by molar-refractivity contribution is -0.122. The molecule has 160 valence electrons. The van der Waals surface area contributed by atoms with Gasteiger partial charge in [-0.3, -0.25) is 4.79 Å². The van der Waals surface area contributed by atoms with Gasteiger partial charge in [0.15, 0.2) is 5.75 Å². The molecule has 0 bridgehead atoms. The van der Waals surface area contributed by atoms with Gasteiger partial charge in [0, 0.05) is 17.0 Å². The molecule has 0 saturated carbocycles. The number of rotatable bonds is 5. The van der Waals surface area contributed by atoms with E-state index in [1.54, 1.807) is 13.8 Å². The highest BCUT2D eigenvalue weighted by molar-refractivity contribution is 7.92. The predicted molar refractivity (Wildman–Crippen MR) is 120 cm³/mol. The Labute approximate surface area is 180 Å². The number of allylic oxidation sites excluding steroid dienone is 2. The zero-order valence-electron chi connectivity index (χ0n) is 17.9. The molecule has 1 aliphatic rings. The second kappa shape index (κ2) is 8.50. The summed E-state index contributed by atoms with van der Waals surface area (Å²) in [4.78, 5) is 13.2. The Hall–Kier alpha value is -1.83. The number of hydrogen-bond acceptors (Lipinski definition) is 5. The summed E-state index contributed by atoms with van der Waals surface area (Å²) in [5.41, 5.74) is 1.24. The Morgan fingerprint density at radius 2 is 1.93 bits per heavy atom. The van der Waals surface area contributed by atoms with Gasteiger partial charge in [0.1, 0.15) is 17.7 Å². The van der Waals surface area contributed by atoms with Gasteiger partial charge in [0.05, 0.1) is 29.6 Å². The van der Waals surface area contributed by atoms with E-state index in [4.69, 9.17) is 16.3 Å². The number of aliphatic hydroxyl groups excluding tert-OH is 1. The maximum absolute atomic E-state index is 13.2. The van der Waals surface area contributed by atoms with Crippen LogP contribution in [0, 0.1) is 5.41 Å². The van der Waals surface area contributed by atoms with E-state index >= 15 is 0 Å². The molecular weight excluding hydrogens is 412 g/mol. The lowest BCUT2D eigenvalue weighted by atomic mass is 9.80. The Kier molecular flexibility index (Phi) is 6.87. The van der Waals surface area contributed by atoms with Gasteiger partial charge in [0.2, 0.25) is 5.91 Å². The molecule has 1 aromatic rings. The summed E-state index contributed by atoms with van der Waals surface area (Å²) >= 11 is 4.93. The van der Waals surface area contributed by atoms with E-state index in [0.29, 0.717) is 27.7 Å².